The van der Waals surface area contributed by atoms with Crippen LogP contribution >= 0.6 is 11.6 Å². The van der Waals surface area contributed by atoms with Crippen molar-refractivity contribution in [2.75, 3.05) is 19.7 Å². The Hall–Kier alpha value is -2.04. The van der Waals surface area contributed by atoms with E-state index in [0.717, 1.165) is 38.0 Å². The molecule has 0 radical (unpaired) electrons. The highest BCUT2D eigenvalue weighted by atomic mass is 35.5. The average molecular weight is 374 g/mol. The first kappa shape index (κ1) is 18.7. The summed E-state index contributed by atoms with van der Waals surface area (Å²) in [6.07, 6.45) is 3.14. The van der Waals surface area contributed by atoms with Crippen molar-refractivity contribution in [1.82, 2.24) is 4.90 Å². The number of phenolic OH excluding ortho intramolecular Hbond substituents is 1. The van der Waals surface area contributed by atoms with Crippen LogP contribution in [0.1, 0.15) is 36.5 Å². The van der Waals surface area contributed by atoms with Gasteiger partial charge in [-0.3, -0.25) is 4.79 Å². The molecule has 0 spiro atoms. The first-order valence-electron chi connectivity index (χ1n) is 9.08. The van der Waals surface area contributed by atoms with Gasteiger partial charge in [0.2, 0.25) is 0 Å². The Morgan fingerprint density at radius 1 is 1.27 bits per heavy atom. The molecule has 1 heterocycles. The van der Waals surface area contributed by atoms with Crippen molar-refractivity contribution in [3.63, 3.8) is 0 Å². The highest BCUT2D eigenvalue weighted by Gasteiger charge is 2.23. The summed E-state index contributed by atoms with van der Waals surface area (Å²) in [6, 6.07) is 12.2. The molecule has 0 aromatic heterocycles. The van der Waals surface area contributed by atoms with E-state index in [1.807, 2.05) is 17.0 Å². The van der Waals surface area contributed by atoms with Gasteiger partial charge in [-0.1, -0.05) is 30.7 Å². The van der Waals surface area contributed by atoms with E-state index < -0.39 is 0 Å². The van der Waals surface area contributed by atoms with E-state index in [1.165, 1.54) is 0 Å². The van der Waals surface area contributed by atoms with Crippen molar-refractivity contribution in [3.8, 4) is 16.9 Å². The van der Waals surface area contributed by atoms with Gasteiger partial charge < -0.3 is 14.7 Å². The summed E-state index contributed by atoms with van der Waals surface area (Å²) >= 11 is 6.02. The number of aromatic hydroxyl groups is 1. The van der Waals surface area contributed by atoms with E-state index in [-0.39, 0.29) is 17.8 Å². The van der Waals surface area contributed by atoms with Crippen LogP contribution in [0.25, 0.3) is 11.1 Å². The van der Waals surface area contributed by atoms with Gasteiger partial charge in [0.05, 0.1) is 6.10 Å². The topological polar surface area (TPSA) is 49.8 Å². The number of halogens is 1. The molecule has 0 saturated carbocycles. The molecule has 0 bridgehead atoms. The molecule has 3 rings (SSSR count). The molecule has 4 nitrogen and oxygen atoms in total. The minimum absolute atomic E-state index is 0.0178. The lowest BCUT2D eigenvalue weighted by Gasteiger charge is -2.25. The minimum atomic E-state index is 0.0178. The monoisotopic (exact) mass is 373 g/mol. The van der Waals surface area contributed by atoms with Gasteiger partial charge in [-0.25, -0.2) is 0 Å². The lowest BCUT2D eigenvalue weighted by atomic mass is 10.0. The number of hydrogen-bond acceptors (Lipinski definition) is 3. The predicted octanol–water partition coefficient (Wildman–Crippen LogP) is 4.74. The smallest absolute Gasteiger partial charge is 0.253 e. The van der Waals surface area contributed by atoms with Gasteiger partial charge in [0, 0.05) is 35.8 Å². The van der Waals surface area contributed by atoms with Crippen LogP contribution in [0.15, 0.2) is 42.5 Å². The largest absolute Gasteiger partial charge is 0.507 e. The minimum Gasteiger partial charge on any atom is -0.507 e. The van der Waals surface area contributed by atoms with Crippen molar-refractivity contribution in [2.45, 2.75) is 32.3 Å². The Morgan fingerprint density at radius 3 is 2.69 bits per heavy atom. The van der Waals surface area contributed by atoms with Crippen molar-refractivity contribution in [2.24, 2.45) is 0 Å². The summed E-state index contributed by atoms with van der Waals surface area (Å²) in [6.45, 7) is 4.22. The maximum atomic E-state index is 12.9. The van der Waals surface area contributed by atoms with E-state index in [4.69, 9.17) is 16.3 Å². The van der Waals surface area contributed by atoms with Crippen LogP contribution in [0.3, 0.4) is 0 Å². The number of phenols is 1. The van der Waals surface area contributed by atoms with Gasteiger partial charge in [-0.2, -0.15) is 0 Å². The normalized spacial score (nSPS) is 16.6. The number of benzene rings is 2. The molecular formula is C21H24ClNO3. The molecule has 1 aliphatic heterocycles. The van der Waals surface area contributed by atoms with Crippen molar-refractivity contribution >= 4 is 17.5 Å². The summed E-state index contributed by atoms with van der Waals surface area (Å²) in [7, 11) is 0. The third-order valence-electron chi connectivity index (χ3n) is 4.63. The highest BCUT2D eigenvalue weighted by Crippen LogP contribution is 2.31. The van der Waals surface area contributed by atoms with Gasteiger partial charge in [0.15, 0.2) is 0 Å². The summed E-state index contributed by atoms with van der Waals surface area (Å²) < 4.78 is 5.68. The van der Waals surface area contributed by atoms with Crippen LogP contribution in [0, 0.1) is 0 Å². The Bertz CT molecular complexity index is 754. The Morgan fingerprint density at radius 2 is 2.04 bits per heavy atom. The van der Waals surface area contributed by atoms with Crippen LogP contribution in [0.4, 0.5) is 0 Å². The van der Waals surface area contributed by atoms with Crippen LogP contribution in [0.2, 0.25) is 5.02 Å². The molecule has 1 amide bonds. The summed E-state index contributed by atoms with van der Waals surface area (Å²) in [5, 5.41) is 10.6. The molecule has 1 atom stereocenters. The Kier molecular flexibility index (Phi) is 6.17. The fraction of sp³-hybridized carbons (Fsp3) is 0.381. The molecule has 1 N–H and O–H groups in total. The average Bonchev–Trinajstić information content (AvgIpc) is 3.16. The third-order valence-corrected chi connectivity index (χ3v) is 4.87. The molecule has 2 aromatic rings. The Balaban J connectivity index is 1.77. The fourth-order valence-electron chi connectivity index (χ4n) is 3.29. The molecule has 26 heavy (non-hydrogen) atoms. The number of amides is 1. The first-order valence-corrected chi connectivity index (χ1v) is 9.46. The zero-order valence-electron chi connectivity index (χ0n) is 15.0. The molecule has 5 heteroatoms. The van der Waals surface area contributed by atoms with E-state index in [1.54, 1.807) is 30.3 Å². The molecule has 1 saturated heterocycles. The van der Waals surface area contributed by atoms with E-state index in [0.29, 0.717) is 22.7 Å². The van der Waals surface area contributed by atoms with Crippen LogP contribution in [-0.4, -0.2) is 41.7 Å². The zero-order chi connectivity index (χ0) is 18.5. The van der Waals surface area contributed by atoms with Gasteiger partial charge in [0.25, 0.3) is 5.91 Å². The molecule has 2 aromatic carbocycles. The number of ether oxygens (including phenoxy) is 1. The van der Waals surface area contributed by atoms with E-state index in [2.05, 4.69) is 6.92 Å². The van der Waals surface area contributed by atoms with Crippen molar-refractivity contribution in [1.29, 1.82) is 0 Å². The SMILES string of the molecule is CCCN(CC1CCCO1)C(=O)c1ccc(-c2cc(Cl)ccc2O)cc1. The van der Waals surface area contributed by atoms with Crippen LogP contribution in [-0.2, 0) is 4.74 Å². The summed E-state index contributed by atoms with van der Waals surface area (Å²) in [4.78, 5) is 14.8. The molecule has 1 fully saturated rings. The van der Waals surface area contributed by atoms with E-state index >= 15 is 0 Å². The summed E-state index contributed by atoms with van der Waals surface area (Å²) in [5.74, 6) is 0.184. The lowest BCUT2D eigenvalue weighted by Crippen LogP contribution is -2.37. The summed E-state index contributed by atoms with van der Waals surface area (Å²) in [5.41, 5.74) is 2.12. The number of nitrogens with zero attached hydrogens (tertiary/aromatic N) is 1. The second kappa shape index (κ2) is 8.56. The van der Waals surface area contributed by atoms with E-state index in [9.17, 15) is 9.90 Å². The highest BCUT2D eigenvalue weighted by molar-refractivity contribution is 6.31. The number of rotatable bonds is 6. The lowest BCUT2D eigenvalue weighted by molar-refractivity contribution is 0.0526. The number of carbonyl (C=O) groups excluding carboxylic acids is 1. The van der Waals surface area contributed by atoms with Gasteiger partial charge in [0.1, 0.15) is 5.75 Å². The predicted molar refractivity (Wildman–Crippen MR) is 104 cm³/mol. The number of hydrogen-bond donors (Lipinski definition) is 1. The van der Waals surface area contributed by atoms with Crippen molar-refractivity contribution < 1.29 is 14.6 Å². The standard InChI is InChI=1S/C21H24ClNO3/c1-2-11-23(14-18-4-3-12-26-18)21(25)16-7-5-15(6-8-16)19-13-17(22)9-10-20(19)24/h5-10,13,18,24H,2-4,11-12,14H2,1H3. The second-order valence-electron chi connectivity index (χ2n) is 6.63. The molecule has 1 aliphatic rings. The Labute approximate surface area is 159 Å². The van der Waals surface area contributed by atoms with Gasteiger partial charge in [-0.15, -0.1) is 0 Å². The fourth-order valence-corrected chi connectivity index (χ4v) is 3.47. The molecule has 0 aliphatic carbocycles. The zero-order valence-corrected chi connectivity index (χ0v) is 15.7. The third kappa shape index (κ3) is 4.37. The second-order valence-corrected chi connectivity index (χ2v) is 7.06. The van der Waals surface area contributed by atoms with Gasteiger partial charge >= 0.3 is 0 Å². The first-order chi connectivity index (χ1) is 12.6. The number of carbonyl (C=O) groups is 1. The molecule has 138 valence electrons. The maximum Gasteiger partial charge on any atom is 0.253 e. The van der Waals surface area contributed by atoms with Crippen molar-refractivity contribution in [3.05, 3.63) is 53.1 Å². The van der Waals surface area contributed by atoms with Crippen LogP contribution < -0.4 is 0 Å². The maximum absolute atomic E-state index is 12.9. The molecule has 1 unspecified atom stereocenters. The molecular weight excluding hydrogens is 350 g/mol. The van der Waals surface area contributed by atoms with Gasteiger partial charge in [-0.05, 0) is 55.2 Å². The van der Waals surface area contributed by atoms with Crippen LogP contribution in [0.5, 0.6) is 5.75 Å². The quantitative estimate of drug-likeness (QED) is 0.795.